The number of carbonyl (C=O) groups excluding carboxylic acids is 2. The fourth-order valence-corrected chi connectivity index (χ4v) is 3.78. The van der Waals surface area contributed by atoms with Gasteiger partial charge in [-0.1, -0.05) is 55.5 Å². The molecule has 0 radical (unpaired) electrons. The highest BCUT2D eigenvalue weighted by Crippen LogP contribution is 2.44. The molecule has 0 fully saturated rings. The van der Waals surface area contributed by atoms with E-state index in [0.717, 1.165) is 22.3 Å². The quantitative estimate of drug-likeness (QED) is 0.553. The fourth-order valence-electron chi connectivity index (χ4n) is 3.78. The number of alkyl carbamates (subject to hydrolysis) is 1. The molecule has 0 aliphatic heterocycles. The largest absolute Gasteiger partial charge is 0.480 e. The van der Waals surface area contributed by atoms with Gasteiger partial charge in [0.25, 0.3) is 0 Å². The predicted molar refractivity (Wildman–Crippen MR) is 118 cm³/mol. The molecule has 1 aliphatic carbocycles. The van der Waals surface area contributed by atoms with Crippen molar-refractivity contribution < 1.29 is 29.0 Å². The van der Waals surface area contributed by atoms with E-state index >= 15 is 0 Å². The van der Waals surface area contributed by atoms with E-state index < -0.39 is 29.6 Å². The highest BCUT2D eigenvalue weighted by molar-refractivity contribution is 5.91. The lowest BCUT2D eigenvalue weighted by Crippen LogP contribution is -2.58. The van der Waals surface area contributed by atoms with E-state index in [4.69, 9.17) is 9.47 Å². The molecule has 3 rings (SSSR count). The summed E-state index contributed by atoms with van der Waals surface area (Å²) >= 11 is 0. The molecular formula is C24H28N2O6. The van der Waals surface area contributed by atoms with Gasteiger partial charge in [0.1, 0.15) is 18.2 Å². The van der Waals surface area contributed by atoms with E-state index in [-0.39, 0.29) is 25.6 Å². The molecule has 2 atom stereocenters. The van der Waals surface area contributed by atoms with Crippen molar-refractivity contribution in [2.24, 2.45) is 0 Å². The highest BCUT2D eigenvalue weighted by atomic mass is 16.5. The molecule has 0 saturated carbocycles. The first-order chi connectivity index (χ1) is 15.3. The fraction of sp³-hybridized carbons (Fsp3) is 0.375. The van der Waals surface area contributed by atoms with Crippen LogP contribution >= 0.6 is 0 Å². The SMILES string of the molecule is CCC(C)(NC(=O)[C@H](COC)NC(=O)OCC1c2ccccc2-c2ccccc21)C(=O)O. The maximum absolute atomic E-state index is 12.6. The first-order valence-electron chi connectivity index (χ1n) is 10.5. The molecule has 2 amide bonds. The van der Waals surface area contributed by atoms with Gasteiger partial charge in [0.05, 0.1) is 6.61 Å². The zero-order valence-electron chi connectivity index (χ0n) is 18.4. The Hall–Kier alpha value is -3.39. The maximum Gasteiger partial charge on any atom is 0.407 e. The number of hydrogen-bond acceptors (Lipinski definition) is 5. The minimum absolute atomic E-state index is 0.100. The monoisotopic (exact) mass is 440 g/mol. The summed E-state index contributed by atoms with van der Waals surface area (Å²) < 4.78 is 10.5. The number of fused-ring (bicyclic) bond motifs is 3. The molecule has 8 heteroatoms. The van der Waals surface area contributed by atoms with Crippen molar-refractivity contribution in [2.75, 3.05) is 20.3 Å². The van der Waals surface area contributed by atoms with Gasteiger partial charge in [-0.2, -0.15) is 0 Å². The van der Waals surface area contributed by atoms with Crippen LogP contribution in [0.1, 0.15) is 37.3 Å². The van der Waals surface area contributed by atoms with Crippen LogP contribution in [0.2, 0.25) is 0 Å². The number of amides is 2. The number of aliphatic carboxylic acids is 1. The molecular weight excluding hydrogens is 412 g/mol. The van der Waals surface area contributed by atoms with Crippen LogP contribution in [-0.4, -0.2) is 55.0 Å². The summed E-state index contributed by atoms with van der Waals surface area (Å²) in [6.45, 7) is 3.03. The van der Waals surface area contributed by atoms with Gasteiger partial charge in [-0.15, -0.1) is 0 Å². The van der Waals surface area contributed by atoms with Crippen LogP contribution in [0.3, 0.4) is 0 Å². The lowest BCUT2D eigenvalue weighted by Gasteiger charge is -2.27. The summed E-state index contributed by atoms with van der Waals surface area (Å²) in [4.78, 5) is 36.6. The van der Waals surface area contributed by atoms with Gasteiger partial charge >= 0.3 is 12.1 Å². The number of methoxy groups -OCH3 is 1. The molecule has 2 aromatic rings. The predicted octanol–water partition coefficient (Wildman–Crippen LogP) is 2.91. The third-order valence-electron chi connectivity index (χ3n) is 5.86. The van der Waals surface area contributed by atoms with Crippen molar-refractivity contribution in [3.05, 3.63) is 59.7 Å². The number of hydrogen-bond donors (Lipinski definition) is 3. The Bertz CT molecular complexity index is 962. The van der Waals surface area contributed by atoms with Crippen molar-refractivity contribution >= 4 is 18.0 Å². The van der Waals surface area contributed by atoms with Crippen molar-refractivity contribution in [1.82, 2.24) is 10.6 Å². The molecule has 3 N–H and O–H groups in total. The Balaban J connectivity index is 1.66. The van der Waals surface area contributed by atoms with Crippen LogP contribution in [0.5, 0.6) is 0 Å². The van der Waals surface area contributed by atoms with E-state index in [9.17, 15) is 19.5 Å². The lowest BCUT2D eigenvalue weighted by molar-refractivity contribution is -0.147. The van der Waals surface area contributed by atoms with Gasteiger partial charge in [-0.3, -0.25) is 4.79 Å². The van der Waals surface area contributed by atoms with Crippen LogP contribution in [0.4, 0.5) is 4.79 Å². The molecule has 0 bridgehead atoms. The number of carbonyl (C=O) groups is 3. The Morgan fingerprint density at radius 2 is 1.62 bits per heavy atom. The number of carboxylic acid groups (broad SMARTS) is 1. The second-order valence-corrected chi connectivity index (χ2v) is 7.96. The van der Waals surface area contributed by atoms with Gasteiger partial charge in [0.2, 0.25) is 5.91 Å². The van der Waals surface area contributed by atoms with Crippen LogP contribution in [0.15, 0.2) is 48.5 Å². The van der Waals surface area contributed by atoms with Gasteiger partial charge < -0.3 is 25.2 Å². The van der Waals surface area contributed by atoms with E-state index in [1.165, 1.54) is 14.0 Å². The third kappa shape index (κ3) is 4.75. The van der Waals surface area contributed by atoms with Crippen LogP contribution < -0.4 is 10.6 Å². The first kappa shape index (κ1) is 23.3. The zero-order chi connectivity index (χ0) is 23.3. The van der Waals surface area contributed by atoms with Crippen LogP contribution in [0, 0.1) is 0 Å². The molecule has 0 heterocycles. The van der Waals surface area contributed by atoms with Gasteiger partial charge in [-0.05, 0) is 35.6 Å². The minimum Gasteiger partial charge on any atom is -0.480 e. The molecule has 32 heavy (non-hydrogen) atoms. The molecule has 1 aliphatic rings. The number of ether oxygens (including phenoxy) is 2. The molecule has 0 spiro atoms. The normalized spacial score (nSPS) is 15.1. The van der Waals surface area contributed by atoms with E-state index in [1.54, 1.807) is 6.92 Å². The maximum atomic E-state index is 12.6. The summed E-state index contributed by atoms with van der Waals surface area (Å²) in [5, 5.41) is 14.3. The highest BCUT2D eigenvalue weighted by Gasteiger charge is 2.36. The van der Waals surface area contributed by atoms with E-state index in [2.05, 4.69) is 10.6 Å². The van der Waals surface area contributed by atoms with Crippen molar-refractivity contribution in [3.8, 4) is 11.1 Å². The van der Waals surface area contributed by atoms with Crippen molar-refractivity contribution in [3.63, 3.8) is 0 Å². The smallest absolute Gasteiger partial charge is 0.407 e. The summed E-state index contributed by atoms with van der Waals surface area (Å²) in [6, 6.07) is 14.9. The Labute approximate surface area is 186 Å². The first-order valence-corrected chi connectivity index (χ1v) is 10.5. The summed E-state index contributed by atoms with van der Waals surface area (Å²) in [5.74, 6) is -1.93. The molecule has 0 saturated heterocycles. The zero-order valence-corrected chi connectivity index (χ0v) is 18.4. The minimum atomic E-state index is -1.45. The van der Waals surface area contributed by atoms with Gasteiger partial charge in [0.15, 0.2) is 0 Å². The number of nitrogens with one attached hydrogen (secondary N) is 2. The van der Waals surface area contributed by atoms with Gasteiger partial charge in [0, 0.05) is 13.0 Å². The summed E-state index contributed by atoms with van der Waals surface area (Å²) in [7, 11) is 1.38. The number of rotatable bonds is 9. The van der Waals surface area contributed by atoms with Crippen molar-refractivity contribution in [2.45, 2.75) is 37.8 Å². The number of carboxylic acids is 1. The molecule has 8 nitrogen and oxygen atoms in total. The third-order valence-corrected chi connectivity index (χ3v) is 5.86. The second-order valence-electron chi connectivity index (χ2n) is 7.96. The van der Waals surface area contributed by atoms with Crippen molar-refractivity contribution in [1.29, 1.82) is 0 Å². The average Bonchev–Trinajstić information content (AvgIpc) is 3.11. The second kappa shape index (κ2) is 9.82. The lowest BCUT2D eigenvalue weighted by atomic mass is 9.98. The average molecular weight is 440 g/mol. The van der Waals surface area contributed by atoms with Crippen LogP contribution in [-0.2, 0) is 19.1 Å². The molecule has 2 aromatic carbocycles. The Kier molecular flexibility index (Phi) is 7.15. The van der Waals surface area contributed by atoms with E-state index in [0.29, 0.717) is 0 Å². The Morgan fingerprint density at radius 1 is 1.06 bits per heavy atom. The summed E-state index contributed by atoms with van der Waals surface area (Å²) in [6.07, 6.45) is -0.601. The van der Waals surface area contributed by atoms with Crippen LogP contribution in [0.25, 0.3) is 11.1 Å². The standard InChI is InChI=1S/C24H28N2O6/c1-4-24(2,22(28)29)26-21(27)20(14-31-3)25-23(30)32-13-19-17-11-7-5-9-15(17)16-10-6-8-12-18(16)19/h5-12,19-20H,4,13-14H2,1-3H3,(H,25,30)(H,26,27)(H,28,29)/t20-,24?/m0/s1. The van der Waals surface area contributed by atoms with E-state index in [1.807, 2.05) is 48.5 Å². The molecule has 1 unspecified atom stereocenters. The Morgan fingerprint density at radius 3 is 2.12 bits per heavy atom. The van der Waals surface area contributed by atoms with Gasteiger partial charge in [-0.25, -0.2) is 9.59 Å². The summed E-state index contributed by atoms with van der Waals surface area (Å²) in [5.41, 5.74) is 2.93. The number of benzene rings is 2. The topological polar surface area (TPSA) is 114 Å². The molecule has 170 valence electrons. The molecule has 0 aromatic heterocycles.